The third kappa shape index (κ3) is 4.89. The number of carbonyl (C=O) groups excluding carboxylic acids is 1. The highest BCUT2D eigenvalue weighted by molar-refractivity contribution is 5.78. The molecule has 0 unspecified atom stereocenters. The van der Waals surface area contributed by atoms with E-state index in [0.29, 0.717) is 12.1 Å². The SMILES string of the molecule is O=C(CN1CCN(c2ccc(-c3cccc(F)c3F)cc2)CC1)N1CCN(C2CCC2)CC1. The number of amides is 1. The van der Waals surface area contributed by atoms with Crippen LogP contribution in [0.15, 0.2) is 42.5 Å². The van der Waals surface area contributed by atoms with Crippen molar-refractivity contribution >= 4 is 11.6 Å². The van der Waals surface area contributed by atoms with E-state index in [4.69, 9.17) is 0 Å². The number of carbonyl (C=O) groups is 1. The second-order valence-corrected chi connectivity index (χ2v) is 9.41. The molecule has 1 aliphatic carbocycles. The summed E-state index contributed by atoms with van der Waals surface area (Å²) in [6.45, 7) is 7.60. The molecule has 33 heavy (non-hydrogen) atoms. The van der Waals surface area contributed by atoms with E-state index in [-0.39, 0.29) is 11.5 Å². The number of anilines is 1. The first-order valence-corrected chi connectivity index (χ1v) is 12.1. The van der Waals surface area contributed by atoms with E-state index < -0.39 is 11.6 Å². The van der Waals surface area contributed by atoms with Crippen molar-refractivity contribution in [3.8, 4) is 11.1 Å². The van der Waals surface area contributed by atoms with Gasteiger partial charge >= 0.3 is 0 Å². The third-order valence-corrected chi connectivity index (χ3v) is 7.48. The molecule has 1 amide bonds. The first-order chi connectivity index (χ1) is 16.1. The number of nitrogens with zero attached hydrogens (tertiary/aromatic N) is 4. The van der Waals surface area contributed by atoms with Gasteiger partial charge in [0, 0.05) is 69.7 Å². The summed E-state index contributed by atoms with van der Waals surface area (Å²) >= 11 is 0. The van der Waals surface area contributed by atoms with Crippen LogP contribution in [0.2, 0.25) is 0 Å². The maximum absolute atomic E-state index is 14.1. The molecule has 0 atom stereocenters. The van der Waals surface area contributed by atoms with Crippen molar-refractivity contribution in [1.29, 1.82) is 0 Å². The second-order valence-electron chi connectivity index (χ2n) is 9.41. The van der Waals surface area contributed by atoms with Crippen LogP contribution in [0.3, 0.4) is 0 Å². The molecule has 0 aromatic heterocycles. The molecule has 0 radical (unpaired) electrons. The summed E-state index contributed by atoms with van der Waals surface area (Å²) in [6, 6.07) is 12.6. The van der Waals surface area contributed by atoms with Crippen LogP contribution >= 0.6 is 0 Å². The Kier molecular flexibility index (Phi) is 6.60. The lowest BCUT2D eigenvalue weighted by Crippen LogP contribution is -2.56. The molecule has 2 saturated heterocycles. The highest BCUT2D eigenvalue weighted by Gasteiger charge is 2.30. The molecule has 0 N–H and O–H groups in total. The van der Waals surface area contributed by atoms with Gasteiger partial charge in [0.05, 0.1) is 6.54 Å². The van der Waals surface area contributed by atoms with Gasteiger partial charge in [-0.15, -0.1) is 0 Å². The Hall–Kier alpha value is -2.51. The minimum Gasteiger partial charge on any atom is -0.369 e. The average molecular weight is 455 g/mol. The molecule has 0 bridgehead atoms. The fraction of sp³-hybridized carbons (Fsp3) is 0.500. The Morgan fingerprint density at radius 1 is 0.848 bits per heavy atom. The molecule has 7 heteroatoms. The molecule has 2 aromatic carbocycles. The second kappa shape index (κ2) is 9.77. The van der Waals surface area contributed by atoms with Gasteiger partial charge in [0.25, 0.3) is 0 Å². The molecule has 0 spiro atoms. The summed E-state index contributed by atoms with van der Waals surface area (Å²) in [5.74, 6) is -1.39. The Labute approximate surface area is 194 Å². The van der Waals surface area contributed by atoms with Crippen LogP contribution in [0.25, 0.3) is 11.1 Å². The summed E-state index contributed by atoms with van der Waals surface area (Å²) in [6.07, 6.45) is 4.00. The van der Waals surface area contributed by atoms with E-state index in [1.54, 1.807) is 6.07 Å². The van der Waals surface area contributed by atoms with Crippen LogP contribution in [0, 0.1) is 11.6 Å². The lowest BCUT2D eigenvalue weighted by molar-refractivity contribution is -0.134. The van der Waals surface area contributed by atoms with E-state index >= 15 is 0 Å². The standard InChI is InChI=1S/C26H32F2N4O/c27-24-6-2-5-23(26(24)28)20-7-9-22(10-8-20)30-13-11-29(12-14-30)19-25(33)32-17-15-31(16-18-32)21-3-1-4-21/h2,5-10,21H,1,3-4,11-19H2. The molecule has 2 aromatic rings. The molecule has 5 rings (SSSR count). The maximum atomic E-state index is 14.1. The number of hydrogen-bond donors (Lipinski definition) is 0. The van der Waals surface area contributed by atoms with Gasteiger partial charge in [-0.1, -0.05) is 30.7 Å². The van der Waals surface area contributed by atoms with Crippen LogP contribution in [0.5, 0.6) is 0 Å². The Morgan fingerprint density at radius 2 is 1.55 bits per heavy atom. The van der Waals surface area contributed by atoms with Crippen molar-refractivity contribution < 1.29 is 13.6 Å². The highest BCUT2D eigenvalue weighted by Crippen LogP contribution is 2.28. The maximum Gasteiger partial charge on any atom is 0.236 e. The predicted octanol–water partition coefficient (Wildman–Crippen LogP) is 3.45. The van der Waals surface area contributed by atoms with E-state index in [2.05, 4.69) is 14.7 Å². The van der Waals surface area contributed by atoms with Crippen LogP contribution in [0.4, 0.5) is 14.5 Å². The first-order valence-electron chi connectivity index (χ1n) is 12.1. The van der Waals surface area contributed by atoms with Gasteiger partial charge in [-0.25, -0.2) is 8.78 Å². The van der Waals surface area contributed by atoms with Crippen molar-refractivity contribution in [3.05, 3.63) is 54.1 Å². The Morgan fingerprint density at radius 3 is 2.18 bits per heavy atom. The van der Waals surface area contributed by atoms with E-state index in [1.807, 2.05) is 29.2 Å². The molecule has 176 valence electrons. The van der Waals surface area contributed by atoms with E-state index in [1.165, 1.54) is 25.3 Å². The smallest absolute Gasteiger partial charge is 0.236 e. The summed E-state index contributed by atoms with van der Waals surface area (Å²) in [5, 5.41) is 0. The molecular formula is C26H32F2N4O. The van der Waals surface area contributed by atoms with Gasteiger partial charge < -0.3 is 9.80 Å². The van der Waals surface area contributed by atoms with Crippen LogP contribution in [0.1, 0.15) is 19.3 Å². The first kappa shape index (κ1) is 22.3. The highest BCUT2D eigenvalue weighted by atomic mass is 19.2. The number of benzene rings is 2. The summed E-state index contributed by atoms with van der Waals surface area (Å²) in [4.78, 5) is 21.9. The molecule has 2 heterocycles. The summed E-state index contributed by atoms with van der Waals surface area (Å²) in [7, 11) is 0. The number of rotatable bonds is 5. The molecule has 1 saturated carbocycles. The Bertz CT molecular complexity index is 963. The van der Waals surface area contributed by atoms with Gasteiger partial charge in [-0.3, -0.25) is 14.6 Å². The van der Waals surface area contributed by atoms with Gasteiger partial charge in [-0.05, 0) is 36.6 Å². The zero-order valence-electron chi connectivity index (χ0n) is 19.1. The van der Waals surface area contributed by atoms with Gasteiger partial charge in [0.1, 0.15) is 0 Å². The van der Waals surface area contributed by atoms with E-state index in [0.717, 1.165) is 70.2 Å². The van der Waals surface area contributed by atoms with Crippen molar-refractivity contribution in [3.63, 3.8) is 0 Å². The normalized spacial score (nSPS) is 20.7. The van der Waals surface area contributed by atoms with Crippen LogP contribution in [-0.2, 0) is 4.79 Å². The number of hydrogen-bond acceptors (Lipinski definition) is 4. The van der Waals surface area contributed by atoms with Crippen LogP contribution in [-0.4, -0.2) is 85.6 Å². The van der Waals surface area contributed by atoms with Gasteiger partial charge in [0.2, 0.25) is 5.91 Å². The minimum absolute atomic E-state index is 0.248. The molecule has 5 nitrogen and oxygen atoms in total. The number of piperazine rings is 2. The van der Waals surface area contributed by atoms with Gasteiger partial charge in [-0.2, -0.15) is 0 Å². The minimum atomic E-state index is -0.831. The van der Waals surface area contributed by atoms with Gasteiger partial charge in [0.15, 0.2) is 11.6 Å². The monoisotopic (exact) mass is 454 g/mol. The van der Waals surface area contributed by atoms with Crippen molar-refractivity contribution in [1.82, 2.24) is 14.7 Å². The zero-order chi connectivity index (χ0) is 22.8. The lowest BCUT2D eigenvalue weighted by Gasteiger charge is -2.43. The molecule has 2 aliphatic heterocycles. The average Bonchev–Trinajstić information content (AvgIpc) is 2.81. The fourth-order valence-electron chi connectivity index (χ4n) is 5.12. The molecule has 3 aliphatic rings. The van der Waals surface area contributed by atoms with Crippen molar-refractivity contribution in [2.45, 2.75) is 25.3 Å². The third-order valence-electron chi connectivity index (χ3n) is 7.48. The van der Waals surface area contributed by atoms with Crippen molar-refractivity contribution in [2.75, 3.05) is 63.8 Å². The summed E-state index contributed by atoms with van der Waals surface area (Å²) < 4.78 is 27.6. The molecular weight excluding hydrogens is 422 g/mol. The largest absolute Gasteiger partial charge is 0.369 e. The Balaban J connectivity index is 1.10. The summed E-state index contributed by atoms with van der Waals surface area (Å²) in [5.41, 5.74) is 2.00. The van der Waals surface area contributed by atoms with E-state index in [9.17, 15) is 13.6 Å². The molecule has 3 fully saturated rings. The zero-order valence-corrected chi connectivity index (χ0v) is 19.1. The lowest BCUT2D eigenvalue weighted by atomic mass is 9.91. The fourth-order valence-corrected chi connectivity index (χ4v) is 5.12. The predicted molar refractivity (Wildman–Crippen MR) is 126 cm³/mol. The number of halogens is 2. The van der Waals surface area contributed by atoms with Crippen LogP contribution < -0.4 is 4.90 Å². The topological polar surface area (TPSA) is 30.0 Å². The van der Waals surface area contributed by atoms with Crippen molar-refractivity contribution in [2.24, 2.45) is 0 Å². The quantitative estimate of drug-likeness (QED) is 0.692.